The van der Waals surface area contributed by atoms with Crippen LogP contribution >= 0.6 is 0 Å². The van der Waals surface area contributed by atoms with E-state index in [0.717, 1.165) is 6.42 Å². The van der Waals surface area contributed by atoms with Gasteiger partial charge in [-0.2, -0.15) is 8.70 Å². The molecule has 0 unspecified atom stereocenters. The fourth-order valence-corrected chi connectivity index (χ4v) is 9.88. The summed E-state index contributed by atoms with van der Waals surface area (Å²) in [4.78, 5) is 0. The molecular weight excluding hydrogens is 432 g/mol. The first-order valence-corrected chi connectivity index (χ1v) is 14.3. The Labute approximate surface area is 188 Å². The van der Waals surface area contributed by atoms with E-state index in [2.05, 4.69) is 18.2 Å². The molecule has 1 aromatic rings. The third kappa shape index (κ3) is 4.48. The Hall–Kier alpha value is -1.25. The minimum Gasteiger partial charge on any atom is -0.212 e. The molecule has 6 nitrogen and oxygen atoms in total. The third-order valence-electron chi connectivity index (χ3n) is 7.37. The molecule has 2 aliphatic carbocycles. The van der Waals surface area contributed by atoms with Gasteiger partial charge in [0, 0.05) is 23.2 Å². The van der Waals surface area contributed by atoms with Crippen molar-refractivity contribution in [3.8, 4) is 0 Å². The zero-order valence-corrected chi connectivity index (χ0v) is 21.1. The van der Waals surface area contributed by atoms with Gasteiger partial charge in [0.15, 0.2) is 0 Å². The Morgan fingerprint density at radius 1 is 1.03 bits per heavy atom. The van der Waals surface area contributed by atoms with Gasteiger partial charge in [-0.1, -0.05) is 44.2 Å². The quantitative estimate of drug-likeness (QED) is 0.571. The number of sulfonamides is 2. The summed E-state index contributed by atoms with van der Waals surface area (Å²) < 4.78 is 58.9. The molecule has 1 aromatic carbocycles. The van der Waals surface area contributed by atoms with E-state index in [-0.39, 0.29) is 34.9 Å². The molecule has 8 heteroatoms. The van der Waals surface area contributed by atoms with Crippen LogP contribution in [0.5, 0.6) is 0 Å². The molecule has 0 aromatic heterocycles. The molecule has 2 fully saturated rings. The maximum Gasteiger partial charge on any atom is 0.257 e. The Morgan fingerprint density at radius 3 is 2.13 bits per heavy atom. The summed E-state index contributed by atoms with van der Waals surface area (Å²) in [6.07, 6.45) is 2.12. The predicted molar refractivity (Wildman–Crippen MR) is 126 cm³/mol. The zero-order valence-electron chi connectivity index (χ0n) is 19.5. The maximum atomic E-state index is 13.6. The molecule has 2 bridgehead atoms. The van der Waals surface area contributed by atoms with E-state index >= 15 is 0 Å². The van der Waals surface area contributed by atoms with Gasteiger partial charge in [-0.3, -0.25) is 0 Å². The molecule has 0 amide bonds. The zero-order chi connectivity index (χ0) is 23.2. The fraction of sp³-hybridized carbons (Fsp3) is 0.696. The number of hydrogen-bond acceptors (Lipinski definition) is 4. The number of nitrogens with zero attached hydrogens (tertiary/aromatic N) is 2. The van der Waals surface area contributed by atoms with Crippen LogP contribution in [0.2, 0.25) is 0 Å². The molecule has 2 saturated carbocycles. The van der Waals surface area contributed by atoms with Crippen LogP contribution in [0.1, 0.15) is 66.4 Å². The van der Waals surface area contributed by atoms with E-state index in [1.807, 2.05) is 33.8 Å². The lowest BCUT2D eigenvalue weighted by Gasteiger charge is -2.40. The van der Waals surface area contributed by atoms with Crippen LogP contribution in [-0.4, -0.2) is 44.7 Å². The lowest BCUT2D eigenvalue weighted by atomic mass is 9.70. The fourth-order valence-electron chi connectivity index (χ4n) is 5.87. The van der Waals surface area contributed by atoms with Crippen LogP contribution in [0.25, 0.3) is 0 Å². The highest BCUT2D eigenvalue weighted by atomic mass is 32.2. The van der Waals surface area contributed by atoms with Gasteiger partial charge >= 0.3 is 0 Å². The molecule has 3 rings (SSSR count). The van der Waals surface area contributed by atoms with Crippen molar-refractivity contribution >= 4 is 25.8 Å². The van der Waals surface area contributed by atoms with Crippen molar-refractivity contribution in [3.63, 3.8) is 0 Å². The smallest absolute Gasteiger partial charge is 0.212 e. The molecule has 0 aliphatic heterocycles. The highest BCUT2D eigenvalue weighted by molar-refractivity contribution is 7.89. The van der Waals surface area contributed by atoms with Crippen molar-refractivity contribution in [2.45, 2.75) is 78.6 Å². The van der Waals surface area contributed by atoms with Gasteiger partial charge in [0.25, 0.3) is 10.0 Å². The number of rotatable bonds is 8. The Balaban J connectivity index is 2.02. The third-order valence-corrected chi connectivity index (χ3v) is 10.9. The maximum absolute atomic E-state index is 13.6. The Morgan fingerprint density at radius 2 is 1.61 bits per heavy atom. The van der Waals surface area contributed by atoms with E-state index in [1.54, 1.807) is 28.6 Å². The Kier molecular flexibility index (Phi) is 6.51. The van der Waals surface area contributed by atoms with E-state index in [4.69, 9.17) is 0 Å². The molecule has 0 spiro atoms. The van der Waals surface area contributed by atoms with Crippen LogP contribution < -0.4 is 0 Å². The molecular formula is C23H36N2O4S2. The second kappa shape index (κ2) is 8.27. The highest BCUT2D eigenvalue weighted by Crippen LogP contribution is 2.65. The highest BCUT2D eigenvalue weighted by Gasteiger charge is 2.64. The van der Waals surface area contributed by atoms with Crippen LogP contribution in [0.3, 0.4) is 0 Å². The monoisotopic (exact) mass is 468 g/mol. The standard InChI is InChI=1S/C23H36N2O4S2/c1-17(2)25(18(3)4)31(28,29)16-23-13-12-20(22(23,5)6)14-21(23)24-30(26,27)15-19-10-8-7-9-11-19/h7-11,17-18,20H,12-16H2,1-6H3/b24-21+/t20-,23-/m1/s1. The average Bonchev–Trinajstić information content (AvgIpc) is 2.94. The summed E-state index contributed by atoms with van der Waals surface area (Å²) in [5.74, 6) is -0.00510. The van der Waals surface area contributed by atoms with E-state index in [9.17, 15) is 16.8 Å². The van der Waals surface area contributed by atoms with Crippen molar-refractivity contribution < 1.29 is 16.8 Å². The van der Waals surface area contributed by atoms with Crippen molar-refractivity contribution in [2.75, 3.05) is 5.75 Å². The topological polar surface area (TPSA) is 83.9 Å². The number of fused-ring (bicyclic) bond motifs is 2. The summed E-state index contributed by atoms with van der Waals surface area (Å²) in [6.45, 7) is 11.7. The summed E-state index contributed by atoms with van der Waals surface area (Å²) in [5, 5.41) is 0. The van der Waals surface area contributed by atoms with Gasteiger partial charge in [0.05, 0.1) is 11.5 Å². The lowest BCUT2D eigenvalue weighted by Crippen LogP contribution is -2.50. The average molecular weight is 469 g/mol. The largest absolute Gasteiger partial charge is 0.257 e. The summed E-state index contributed by atoms with van der Waals surface area (Å²) in [6, 6.07) is 8.67. The van der Waals surface area contributed by atoms with Gasteiger partial charge in [-0.15, -0.1) is 0 Å². The van der Waals surface area contributed by atoms with Crippen molar-refractivity contribution in [1.82, 2.24) is 4.31 Å². The van der Waals surface area contributed by atoms with Gasteiger partial charge in [0.1, 0.15) is 0 Å². The van der Waals surface area contributed by atoms with Crippen molar-refractivity contribution in [1.29, 1.82) is 0 Å². The minimum atomic E-state index is -3.76. The second-order valence-electron chi connectivity index (χ2n) is 10.3. The summed E-state index contributed by atoms with van der Waals surface area (Å²) >= 11 is 0. The van der Waals surface area contributed by atoms with Crippen molar-refractivity contribution in [2.24, 2.45) is 21.1 Å². The first-order valence-electron chi connectivity index (χ1n) is 11.1. The van der Waals surface area contributed by atoms with Gasteiger partial charge < -0.3 is 0 Å². The van der Waals surface area contributed by atoms with Gasteiger partial charge in [0.2, 0.25) is 10.0 Å². The van der Waals surface area contributed by atoms with Gasteiger partial charge in [-0.05, 0) is 63.9 Å². The molecule has 0 N–H and O–H groups in total. The van der Waals surface area contributed by atoms with Crippen LogP contribution in [0.15, 0.2) is 34.7 Å². The molecule has 2 aliphatic rings. The predicted octanol–water partition coefficient (Wildman–Crippen LogP) is 4.23. The summed E-state index contributed by atoms with van der Waals surface area (Å²) in [7, 11) is -7.37. The Bertz CT molecular complexity index is 1040. The van der Waals surface area contributed by atoms with E-state index in [1.165, 1.54) is 0 Å². The lowest BCUT2D eigenvalue weighted by molar-refractivity contribution is 0.191. The molecule has 174 valence electrons. The normalized spacial score (nSPS) is 27.1. The molecule has 31 heavy (non-hydrogen) atoms. The first kappa shape index (κ1) is 24.4. The van der Waals surface area contributed by atoms with Gasteiger partial charge in [-0.25, -0.2) is 16.8 Å². The van der Waals surface area contributed by atoms with Crippen molar-refractivity contribution in [3.05, 3.63) is 35.9 Å². The van der Waals surface area contributed by atoms with E-state index in [0.29, 0.717) is 24.1 Å². The molecule has 0 saturated heterocycles. The molecule has 2 atom stereocenters. The van der Waals surface area contributed by atoms with Crippen LogP contribution in [0.4, 0.5) is 0 Å². The first-order chi connectivity index (χ1) is 14.2. The second-order valence-corrected chi connectivity index (χ2v) is 13.8. The van der Waals surface area contributed by atoms with Crippen LogP contribution in [-0.2, 0) is 25.8 Å². The van der Waals surface area contributed by atoms with Crippen LogP contribution in [0, 0.1) is 16.7 Å². The SMILES string of the molecule is CC(C)N(C(C)C)S(=O)(=O)C[C@]12CC[C@H](C/C1=N\S(=O)(=O)Cc1ccccc1)C2(C)C. The summed E-state index contributed by atoms with van der Waals surface area (Å²) in [5.41, 5.74) is 0.172. The minimum absolute atomic E-state index is 0.0838. The van der Waals surface area contributed by atoms with E-state index < -0.39 is 25.5 Å². The number of hydrogen-bond donors (Lipinski definition) is 0. The molecule has 0 radical (unpaired) electrons. The molecule has 0 heterocycles. The number of benzene rings is 1.